The van der Waals surface area contributed by atoms with E-state index in [4.69, 9.17) is 9.47 Å². The fourth-order valence-electron chi connectivity index (χ4n) is 2.49. The van der Waals surface area contributed by atoms with Crippen molar-refractivity contribution < 1.29 is 17.9 Å². The molecule has 8 nitrogen and oxygen atoms in total. The van der Waals surface area contributed by atoms with E-state index in [-0.39, 0.29) is 5.75 Å². The van der Waals surface area contributed by atoms with Gasteiger partial charge < -0.3 is 20.1 Å². The third-order valence-corrected chi connectivity index (χ3v) is 5.44. The number of aryl methyl sites for hydroxylation is 1. The van der Waals surface area contributed by atoms with Crippen LogP contribution in [0.2, 0.25) is 0 Å². The third-order valence-electron chi connectivity index (χ3n) is 4.03. The Bertz CT molecular complexity index is 708. The molecule has 0 aliphatic heterocycles. The predicted octanol–water partition coefficient (Wildman–Crippen LogP) is 1.52. The molecule has 3 N–H and O–H groups in total. The minimum absolute atomic E-state index is 0.101. The summed E-state index contributed by atoms with van der Waals surface area (Å²) >= 11 is 0. The normalized spacial score (nSPS) is 11.9. The van der Waals surface area contributed by atoms with E-state index < -0.39 is 10.0 Å². The highest BCUT2D eigenvalue weighted by Crippen LogP contribution is 2.28. The number of hydrogen-bond acceptors (Lipinski definition) is 5. The van der Waals surface area contributed by atoms with Crippen molar-refractivity contribution in [3.05, 3.63) is 23.8 Å². The van der Waals surface area contributed by atoms with Gasteiger partial charge in [-0.25, -0.2) is 13.1 Å². The SMILES string of the molecule is CCOc1cc(CCCNC(=NC)NCCCNS(=O)(=O)CC)ccc1OC. The first-order chi connectivity index (χ1) is 13.5. The molecule has 0 amide bonds. The fourth-order valence-corrected chi connectivity index (χ4v) is 3.15. The number of nitrogens with one attached hydrogen (secondary N) is 3. The third kappa shape index (κ3) is 9.27. The fraction of sp³-hybridized carbons (Fsp3) is 0.632. The van der Waals surface area contributed by atoms with E-state index >= 15 is 0 Å². The number of ether oxygens (including phenoxy) is 2. The number of sulfonamides is 1. The van der Waals surface area contributed by atoms with Crippen molar-refractivity contribution in [2.24, 2.45) is 4.99 Å². The zero-order valence-corrected chi connectivity index (χ0v) is 18.2. The molecule has 0 spiro atoms. The molecule has 0 radical (unpaired) electrons. The molecule has 0 bridgehead atoms. The molecule has 0 fully saturated rings. The van der Waals surface area contributed by atoms with Crippen molar-refractivity contribution in [3.8, 4) is 11.5 Å². The van der Waals surface area contributed by atoms with Gasteiger partial charge in [0.15, 0.2) is 17.5 Å². The van der Waals surface area contributed by atoms with Crippen molar-refractivity contribution in [3.63, 3.8) is 0 Å². The molecule has 0 saturated carbocycles. The van der Waals surface area contributed by atoms with Crippen LogP contribution in [-0.2, 0) is 16.4 Å². The van der Waals surface area contributed by atoms with Gasteiger partial charge in [0.1, 0.15) is 0 Å². The van der Waals surface area contributed by atoms with Crippen LogP contribution >= 0.6 is 0 Å². The zero-order chi connectivity index (χ0) is 20.8. The number of benzene rings is 1. The molecule has 0 saturated heterocycles. The lowest BCUT2D eigenvalue weighted by atomic mass is 10.1. The first kappa shape index (κ1) is 24.0. The Morgan fingerprint density at radius 1 is 1.07 bits per heavy atom. The van der Waals surface area contributed by atoms with Crippen LogP contribution in [0.1, 0.15) is 32.3 Å². The molecular formula is C19H34N4O4S. The Morgan fingerprint density at radius 2 is 1.79 bits per heavy atom. The van der Waals surface area contributed by atoms with Gasteiger partial charge in [-0.1, -0.05) is 6.07 Å². The average molecular weight is 415 g/mol. The van der Waals surface area contributed by atoms with Crippen LogP contribution in [0.5, 0.6) is 11.5 Å². The van der Waals surface area contributed by atoms with Crippen LogP contribution in [0.3, 0.4) is 0 Å². The van der Waals surface area contributed by atoms with E-state index in [2.05, 4.69) is 20.3 Å². The topological polar surface area (TPSA) is 101 Å². The van der Waals surface area contributed by atoms with E-state index in [1.54, 1.807) is 21.1 Å². The minimum atomic E-state index is -3.12. The molecule has 0 aromatic heterocycles. The second-order valence-corrected chi connectivity index (χ2v) is 8.19. The van der Waals surface area contributed by atoms with Gasteiger partial charge in [-0.05, 0) is 50.8 Å². The highest BCUT2D eigenvalue weighted by molar-refractivity contribution is 7.89. The maximum Gasteiger partial charge on any atom is 0.211 e. The highest BCUT2D eigenvalue weighted by Gasteiger charge is 2.06. The lowest BCUT2D eigenvalue weighted by Gasteiger charge is -2.13. The molecule has 0 unspecified atom stereocenters. The molecular weight excluding hydrogens is 380 g/mol. The van der Waals surface area contributed by atoms with Gasteiger partial charge in [0.25, 0.3) is 0 Å². The van der Waals surface area contributed by atoms with Crippen LogP contribution in [-0.4, -0.2) is 60.5 Å². The summed E-state index contributed by atoms with van der Waals surface area (Å²) in [6, 6.07) is 6.00. The van der Waals surface area contributed by atoms with Crippen molar-refractivity contribution >= 4 is 16.0 Å². The number of rotatable bonds is 13. The van der Waals surface area contributed by atoms with Crippen molar-refractivity contribution in [1.82, 2.24) is 15.4 Å². The summed E-state index contributed by atoms with van der Waals surface area (Å²) in [6.07, 6.45) is 2.54. The smallest absolute Gasteiger partial charge is 0.211 e. The van der Waals surface area contributed by atoms with Gasteiger partial charge in [-0.3, -0.25) is 4.99 Å². The standard InChI is InChI=1S/C19H34N4O4S/c1-5-27-18-15-16(10-11-17(18)26-4)9-7-12-21-19(20-3)22-13-8-14-23-28(24,25)6-2/h10-11,15,23H,5-9,12-14H2,1-4H3,(H2,20,21,22). The Hall–Kier alpha value is -2.00. The summed E-state index contributed by atoms with van der Waals surface area (Å²) in [5.74, 6) is 2.33. The number of aliphatic imine (C=N–C) groups is 1. The van der Waals surface area contributed by atoms with Crippen LogP contribution in [0, 0.1) is 0 Å². The maximum atomic E-state index is 11.4. The summed E-state index contributed by atoms with van der Waals surface area (Å²) in [5.41, 5.74) is 1.19. The summed E-state index contributed by atoms with van der Waals surface area (Å²) in [6.45, 7) is 6.01. The van der Waals surface area contributed by atoms with E-state index in [0.29, 0.717) is 32.1 Å². The van der Waals surface area contributed by atoms with E-state index in [0.717, 1.165) is 30.9 Å². The molecule has 9 heteroatoms. The number of nitrogens with zero attached hydrogens (tertiary/aromatic N) is 1. The Labute approximate surface area is 169 Å². The minimum Gasteiger partial charge on any atom is -0.493 e. The Kier molecular flexibility index (Phi) is 11.4. The van der Waals surface area contributed by atoms with Gasteiger partial charge in [0, 0.05) is 26.7 Å². The summed E-state index contributed by atoms with van der Waals surface area (Å²) in [7, 11) is 0.231. The first-order valence-electron chi connectivity index (χ1n) is 9.67. The van der Waals surface area contributed by atoms with Crippen LogP contribution in [0.25, 0.3) is 0 Å². The molecule has 0 aliphatic rings. The lowest BCUT2D eigenvalue weighted by Crippen LogP contribution is -2.39. The van der Waals surface area contributed by atoms with E-state index in [9.17, 15) is 8.42 Å². The van der Waals surface area contributed by atoms with Gasteiger partial charge in [-0.15, -0.1) is 0 Å². The molecule has 1 aromatic carbocycles. The van der Waals surface area contributed by atoms with Crippen LogP contribution in [0.4, 0.5) is 0 Å². The van der Waals surface area contributed by atoms with Crippen molar-refractivity contribution in [2.75, 3.05) is 46.2 Å². The lowest BCUT2D eigenvalue weighted by molar-refractivity contribution is 0.310. The molecule has 0 atom stereocenters. The molecule has 0 heterocycles. The summed E-state index contributed by atoms with van der Waals surface area (Å²) in [5, 5.41) is 6.45. The van der Waals surface area contributed by atoms with Gasteiger partial charge in [-0.2, -0.15) is 0 Å². The predicted molar refractivity (Wildman–Crippen MR) is 114 cm³/mol. The molecule has 0 aliphatic carbocycles. The number of hydrogen-bond donors (Lipinski definition) is 3. The van der Waals surface area contributed by atoms with Crippen LogP contribution < -0.4 is 24.8 Å². The number of methoxy groups -OCH3 is 1. The number of guanidine groups is 1. The van der Waals surface area contributed by atoms with Crippen LogP contribution in [0.15, 0.2) is 23.2 Å². The monoisotopic (exact) mass is 414 g/mol. The molecule has 1 aromatic rings. The molecule has 28 heavy (non-hydrogen) atoms. The van der Waals surface area contributed by atoms with Gasteiger partial charge in [0.05, 0.1) is 19.5 Å². The highest BCUT2D eigenvalue weighted by atomic mass is 32.2. The summed E-state index contributed by atoms with van der Waals surface area (Å²) < 4.78 is 36.2. The largest absolute Gasteiger partial charge is 0.493 e. The molecule has 1 rings (SSSR count). The average Bonchev–Trinajstić information content (AvgIpc) is 2.69. The van der Waals surface area contributed by atoms with Gasteiger partial charge in [0.2, 0.25) is 10.0 Å². The van der Waals surface area contributed by atoms with Gasteiger partial charge >= 0.3 is 0 Å². The Balaban J connectivity index is 2.29. The van der Waals surface area contributed by atoms with Crippen molar-refractivity contribution in [1.29, 1.82) is 0 Å². The first-order valence-corrected chi connectivity index (χ1v) is 11.3. The second-order valence-electron chi connectivity index (χ2n) is 6.10. The summed E-state index contributed by atoms with van der Waals surface area (Å²) in [4.78, 5) is 4.18. The van der Waals surface area contributed by atoms with E-state index in [1.165, 1.54) is 5.56 Å². The maximum absolute atomic E-state index is 11.4. The Morgan fingerprint density at radius 3 is 2.39 bits per heavy atom. The molecule has 160 valence electrons. The van der Waals surface area contributed by atoms with Crippen molar-refractivity contribution in [2.45, 2.75) is 33.1 Å². The second kappa shape index (κ2) is 13.2. The zero-order valence-electron chi connectivity index (χ0n) is 17.4. The quantitative estimate of drug-likeness (QED) is 0.257. The van der Waals surface area contributed by atoms with E-state index in [1.807, 2.05) is 25.1 Å².